The maximum Gasteiger partial charge on any atom is 0.208 e. The van der Waals surface area contributed by atoms with E-state index in [1.807, 2.05) is 25.1 Å². The molecule has 0 saturated carbocycles. The van der Waals surface area contributed by atoms with Crippen LogP contribution in [-0.2, 0) is 6.54 Å². The second kappa shape index (κ2) is 4.04. The van der Waals surface area contributed by atoms with E-state index < -0.39 is 0 Å². The number of nitrogens with zero attached hydrogens (tertiary/aromatic N) is 1. The zero-order chi connectivity index (χ0) is 10.8. The van der Waals surface area contributed by atoms with Crippen LogP contribution in [0, 0.1) is 6.92 Å². The van der Waals surface area contributed by atoms with Gasteiger partial charge in [0.25, 0.3) is 0 Å². The van der Waals surface area contributed by atoms with Gasteiger partial charge in [-0.3, -0.25) is 0 Å². The van der Waals surface area contributed by atoms with Gasteiger partial charge < -0.3 is 10.2 Å². The number of aryl methyl sites for hydroxylation is 1. The van der Waals surface area contributed by atoms with Gasteiger partial charge in [0.1, 0.15) is 0 Å². The molecule has 4 heteroatoms. The van der Waals surface area contributed by atoms with Crippen molar-refractivity contribution in [3.63, 3.8) is 0 Å². The summed E-state index contributed by atoms with van der Waals surface area (Å²) in [5.41, 5.74) is 7.48. The summed E-state index contributed by atoms with van der Waals surface area (Å²) in [4.78, 5) is 4.05. The van der Waals surface area contributed by atoms with Crippen molar-refractivity contribution >= 4 is 11.6 Å². The first-order valence-corrected chi connectivity index (χ1v) is 5.00. The third-order valence-electron chi connectivity index (χ3n) is 2.19. The van der Waals surface area contributed by atoms with Crippen molar-refractivity contribution < 1.29 is 4.42 Å². The van der Waals surface area contributed by atoms with Gasteiger partial charge in [0.2, 0.25) is 5.89 Å². The molecule has 3 nitrogen and oxygen atoms in total. The first kappa shape index (κ1) is 10.2. The van der Waals surface area contributed by atoms with Crippen LogP contribution in [0.25, 0.3) is 11.3 Å². The topological polar surface area (TPSA) is 52.0 Å². The Morgan fingerprint density at radius 3 is 2.93 bits per heavy atom. The Bertz CT molecular complexity index is 479. The van der Waals surface area contributed by atoms with Gasteiger partial charge in [0, 0.05) is 10.6 Å². The molecule has 1 aromatic carbocycles. The smallest absolute Gasteiger partial charge is 0.208 e. The summed E-state index contributed by atoms with van der Waals surface area (Å²) < 4.78 is 5.46. The van der Waals surface area contributed by atoms with E-state index >= 15 is 0 Å². The molecule has 15 heavy (non-hydrogen) atoms. The lowest BCUT2D eigenvalue weighted by Crippen LogP contribution is -1.94. The fraction of sp³-hybridized carbons (Fsp3) is 0.182. The summed E-state index contributed by atoms with van der Waals surface area (Å²) >= 11 is 5.92. The van der Waals surface area contributed by atoms with Gasteiger partial charge in [-0.1, -0.05) is 17.7 Å². The Hall–Kier alpha value is -1.32. The van der Waals surface area contributed by atoms with Crippen LogP contribution in [0.1, 0.15) is 11.5 Å². The molecule has 0 fully saturated rings. The largest absolute Gasteiger partial charge is 0.439 e. The molecule has 0 saturated heterocycles. The number of rotatable bonds is 2. The van der Waals surface area contributed by atoms with E-state index in [4.69, 9.17) is 21.8 Å². The SMILES string of the molecule is Cc1ccc(Cl)cc1-c1cnc(CN)o1. The molecule has 1 aromatic heterocycles. The number of aromatic nitrogens is 1. The molecular weight excluding hydrogens is 212 g/mol. The quantitative estimate of drug-likeness (QED) is 0.850. The Morgan fingerprint density at radius 1 is 1.47 bits per heavy atom. The second-order valence-electron chi connectivity index (χ2n) is 3.28. The van der Waals surface area contributed by atoms with Crippen LogP contribution in [0.5, 0.6) is 0 Å². The summed E-state index contributed by atoms with van der Waals surface area (Å²) in [7, 11) is 0. The fourth-order valence-electron chi connectivity index (χ4n) is 1.39. The number of nitrogens with two attached hydrogens (primary N) is 1. The lowest BCUT2D eigenvalue weighted by molar-refractivity contribution is 0.509. The van der Waals surface area contributed by atoms with Gasteiger partial charge in [-0.15, -0.1) is 0 Å². The Kier molecular flexibility index (Phi) is 2.75. The van der Waals surface area contributed by atoms with Crippen LogP contribution in [0.15, 0.2) is 28.8 Å². The van der Waals surface area contributed by atoms with E-state index in [9.17, 15) is 0 Å². The maximum atomic E-state index is 5.92. The van der Waals surface area contributed by atoms with Crippen LogP contribution < -0.4 is 5.73 Å². The molecule has 0 radical (unpaired) electrons. The number of oxazole rings is 1. The van der Waals surface area contributed by atoms with E-state index in [1.165, 1.54) is 0 Å². The molecule has 0 aliphatic heterocycles. The standard InChI is InChI=1S/C11H11ClN2O/c1-7-2-3-8(12)4-9(7)10-6-14-11(5-13)15-10/h2-4,6H,5,13H2,1H3. The molecule has 0 bridgehead atoms. The summed E-state index contributed by atoms with van der Waals surface area (Å²) in [6.07, 6.45) is 1.67. The van der Waals surface area contributed by atoms with E-state index in [0.717, 1.165) is 11.1 Å². The van der Waals surface area contributed by atoms with Crippen LogP contribution >= 0.6 is 11.6 Å². The molecule has 0 unspecified atom stereocenters. The zero-order valence-electron chi connectivity index (χ0n) is 8.33. The molecule has 1 heterocycles. The Balaban J connectivity index is 2.48. The lowest BCUT2D eigenvalue weighted by atomic mass is 10.1. The van der Waals surface area contributed by atoms with Crippen molar-refractivity contribution in [3.8, 4) is 11.3 Å². The summed E-state index contributed by atoms with van der Waals surface area (Å²) in [5, 5.41) is 0.682. The van der Waals surface area contributed by atoms with Crippen molar-refractivity contribution in [2.24, 2.45) is 5.73 Å². The average Bonchev–Trinajstić information content (AvgIpc) is 2.70. The molecule has 0 spiro atoms. The molecule has 78 valence electrons. The minimum absolute atomic E-state index is 0.305. The van der Waals surface area contributed by atoms with Gasteiger partial charge >= 0.3 is 0 Å². The molecule has 2 rings (SSSR count). The van der Waals surface area contributed by atoms with Crippen LogP contribution in [0.3, 0.4) is 0 Å². The highest BCUT2D eigenvalue weighted by Gasteiger charge is 2.08. The molecular formula is C11H11ClN2O. The molecule has 2 aromatic rings. The minimum atomic E-state index is 0.305. The van der Waals surface area contributed by atoms with Crippen LogP contribution in [-0.4, -0.2) is 4.98 Å². The van der Waals surface area contributed by atoms with Gasteiger partial charge in [0.15, 0.2) is 5.76 Å². The monoisotopic (exact) mass is 222 g/mol. The van der Waals surface area contributed by atoms with Crippen LogP contribution in [0.4, 0.5) is 0 Å². The van der Waals surface area contributed by atoms with Crippen LogP contribution in [0.2, 0.25) is 5.02 Å². The number of benzene rings is 1. The summed E-state index contributed by atoms with van der Waals surface area (Å²) in [6.45, 7) is 2.30. The fourth-order valence-corrected chi connectivity index (χ4v) is 1.56. The lowest BCUT2D eigenvalue weighted by Gasteiger charge is -2.01. The normalized spacial score (nSPS) is 10.6. The van der Waals surface area contributed by atoms with Crippen molar-refractivity contribution in [2.75, 3.05) is 0 Å². The van der Waals surface area contributed by atoms with Crippen molar-refractivity contribution in [1.29, 1.82) is 0 Å². The van der Waals surface area contributed by atoms with E-state index in [1.54, 1.807) is 6.20 Å². The second-order valence-corrected chi connectivity index (χ2v) is 3.72. The molecule has 0 amide bonds. The summed E-state index contributed by atoms with van der Waals surface area (Å²) in [5.74, 6) is 1.24. The highest BCUT2D eigenvalue weighted by atomic mass is 35.5. The Morgan fingerprint density at radius 2 is 2.27 bits per heavy atom. The third kappa shape index (κ3) is 2.03. The van der Waals surface area contributed by atoms with Gasteiger partial charge in [-0.25, -0.2) is 4.98 Å². The highest BCUT2D eigenvalue weighted by Crippen LogP contribution is 2.26. The molecule has 0 atom stereocenters. The molecule has 0 aliphatic carbocycles. The summed E-state index contributed by atoms with van der Waals surface area (Å²) in [6, 6.07) is 5.65. The first-order valence-electron chi connectivity index (χ1n) is 4.62. The molecule has 0 aliphatic rings. The predicted molar refractivity (Wildman–Crippen MR) is 59.6 cm³/mol. The van der Waals surface area contributed by atoms with Gasteiger partial charge in [-0.2, -0.15) is 0 Å². The average molecular weight is 223 g/mol. The van der Waals surface area contributed by atoms with Crippen molar-refractivity contribution in [3.05, 3.63) is 40.9 Å². The third-order valence-corrected chi connectivity index (χ3v) is 2.43. The van der Waals surface area contributed by atoms with E-state index in [-0.39, 0.29) is 0 Å². The molecule has 2 N–H and O–H groups in total. The van der Waals surface area contributed by atoms with E-state index in [2.05, 4.69) is 4.98 Å². The number of halogens is 1. The Labute approximate surface area is 92.9 Å². The zero-order valence-corrected chi connectivity index (χ0v) is 9.08. The van der Waals surface area contributed by atoms with E-state index in [0.29, 0.717) is 23.2 Å². The maximum absolute atomic E-state index is 5.92. The van der Waals surface area contributed by atoms with Crippen molar-refractivity contribution in [1.82, 2.24) is 4.98 Å². The predicted octanol–water partition coefficient (Wildman–Crippen LogP) is 2.76. The minimum Gasteiger partial charge on any atom is -0.439 e. The van der Waals surface area contributed by atoms with Crippen molar-refractivity contribution in [2.45, 2.75) is 13.5 Å². The number of hydrogen-bond donors (Lipinski definition) is 1. The first-order chi connectivity index (χ1) is 7.20. The van der Waals surface area contributed by atoms with Gasteiger partial charge in [0.05, 0.1) is 12.7 Å². The number of hydrogen-bond acceptors (Lipinski definition) is 3. The van der Waals surface area contributed by atoms with Gasteiger partial charge in [-0.05, 0) is 24.6 Å². The highest BCUT2D eigenvalue weighted by molar-refractivity contribution is 6.30.